The van der Waals surface area contributed by atoms with Crippen LogP contribution in [0.1, 0.15) is 30.9 Å². The molecule has 3 nitrogen and oxygen atoms in total. The van der Waals surface area contributed by atoms with Gasteiger partial charge < -0.3 is 14.5 Å². The highest BCUT2D eigenvalue weighted by Crippen LogP contribution is 2.15. The van der Waals surface area contributed by atoms with Crippen molar-refractivity contribution < 1.29 is 9.15 Å². The smallest absolute Gasteiger partial charge is 0.120 e. The second-order valence-electron chi connectivity index (χ2n) is 4.64. The van der Waals surface area contributed by atoms with Crippen LogP contribution in [0, 0.1) is 6.92 Å². The van der Waals surface area contributed by atoms with Crippen LogP contribution in [-0.4, -0.2) is 13.2 Å². The zero-order chi connectivity index (χ0) is 13.5. The molecular weight excluding hydrogens is 238 g/mol. The minimum absolute atomic E-state index is 0.241. The molecule has 0 aliphatic heterocycles. The lowest BCUT2D eigenvalue weighted by Crippen LogP contribution is -2.21. The van der Waals surface area contributed by atoms with Gasteiger partial charge in [0, 0.05) is 0 Å². The number of nitrogens with one attached hydrogen (secondary N) is 1. The third-order valence-electron chi connectivity index (χ3n) is 2.97. The first-order chi connectivity index (χ1) is 9.25. The number of hydrogen-bond donors (Lipinski definition) is 1. The van der Waals surface area contributed by atoms with Gasteiger partial charge in [0.05, 0.1) is 12.6 Å². The minimum Gasteiger partial charge on any atom is -0.494 e. The predicted molar refractivity (Wildman–Crippen MR) is 76.4 cm³/mol. The van der Waals surface area contributed by atoms with Crippen molar-refractivity contribution in [1.29, 1.82) is 0 Å². The molecule has 0 bridgehead atoms. The zero-order valence-corrected chi connectivity index (χ0v) is 11.6. The van der Waals surface area contributed by atoms with Gasteiger partial charge in [0.15, 0.2) is 0 Å². The molecule has 0 spiro atoms. The lowest BCUT2D eigenvalue weighted by molar-refractivity contribution is 0.303. The van der Waals surface area contributed by atoms with Crippen LogP contribution in [0.15, 0.2) is 46.9 Å². The molecule has 102 valence electrons. The van der Waals surface area contributed by atoms with Gasteiger partial charge in [0.2, 0.25) is 0 Å². The van der Waals surface area contributed by atoms with Crippen LogP contribution in [-0.2, 0) is 0 Å². The summed E-state index contributed by atoms with van der Waals surface area (Å²) in [4.78, 5) is 0. The van der Waals surface area contributed by atoms with Gasteiger partial charge in [-0.05, 0) is 51.1 Å². The Morgan fingerprint density at radius 2 is 1.95 bits per heavy atom. The van der Waals surface area contributed by atoms with Crippen molar-refractivity contribution in [3.05, 3.63) is 54.0 Å². The second-order valence-corrected chi connectivity index (χ2v) is 4.64. The molecule has 0 aliphatic carbocycles. The number of ether oxygens (including phenoxy) is 1. The molecule has 19 heavy (non-hydrogen) atoms. The monoisotopic (exact) mass is 259 g/mol. The van der Waals surface area contributed by atoms with E-state index in [1.54, 1.807) is 0 Å². The molecule has 2 rings (SSSR count). The van der Waals surface area contributed by atoms with E-state index in [-0.39, 0.29) is 6.04 Å². The van der Waals surface area contributed by atoms with E-state index in [2.05, 4.69) is 12.2 Å². The molecule has 1 N–H and O–H groups in total. The molecule has 1 aromatic carbocycles. The average molecular weight is 259 g/mol. The van der Waals surface area contributed by atoms with Gasteiger partial charge in [0.25, 0.3) is 0 Å². The van der Waals surface area contributed by atoms with Crippen molar-refractivity contribution in [3.8, 4) is 5.75 Å². The third kappa shape index (κ3) is 4.45. The lowest BCUT2D eigenvalue weighted by atomic mass is 10.2. The number of rotatable bonds is 7. The average Bonchev–Trinajstić information content (AvgIpc) is 2.86. The lowest BCUT2D eigenvalue weighted by Gasteiger charge is -2.11. The van der Waals surface area contributed by atoms with Crippen LogP contribution in [0.2, 0.25) is 0 Å². The molecule has 0 radical (unpaired) electrons. The van der Waals surface area contributed by atoms with Crippen LogP contribution in [0.25, 0.3) is 0 Å². The van der Waals surface area contributed by atoms with Crippen molar-refractivity contribution in [2.45, 2.75) is 26.3 Å². The van der Waals surface area contributed by atoms with Crippen molar-refractivity contribution in [3.63, 3.8) is 0 Å². The topological polar surface area (TPSA) is 34.4 Å². The highest BCUT2D eigenvalue weighted by molar-refractivity contribution is 5.20. The predicted octanol–water partition coefficient (Wildman–Crippen LogP) is 3.71. The fourth-order valence-electron chi connectivity index (χ4n) is 1.88. The van der Waals surface area contributed by atoms with Gasteiger partial charge >= 0.3 is 0 Å². The summed E-state index contributed by atoms with van der Waals surface area (Å²) in [6.07, 6.45) is 0.971. The fraction of sp³-hybridized carbons (Fsp3) is 0.375. The van der Waals surface area contributed by atoms with Crippen LogP contribution in [0.5, 0.6) is 5.75 Å². The van der Waals surface area contributed by atoms with Crippen molar-refractivity contribution in [1.82, 2.24) is 5.32 Å². The standard InChI is InChI=1S/C16H21NO2/c1-13-9-10-16(19-13)14(2)17-11-6-12-18-15-7-4-3-5-8-15/h3-5,7-10,14,17H,6,11-12H2,1-2H3. The van der Waals surface area contributed by atoms with Gasteiger partial charge in [-0.25, -0.2) is 0 Å². The van der Waals surface area contributed by atoms with Crippen LogP contribution >= 0.6 is 0 Å². The molecule has 1 unspecified atom stereocenters. The van der Waals surface area contributed by atoms with Crippen LogP contribution in [0.4, 0.5) is 0 Å². The molecule has 3 heteroatoms. The highest BCUT2D eigenvalue weighted by atomic mass is 16.5. The van der Waals surface area contributed by atoms with E-state index in [4.69, 9.17) is 9.15 Å². The molecule has 0 aliphatic rings. The van der Waals surface area contributed by atoms with E-state index in [0.717, 1.165) is 36.8 Å². The Hall–Kier alpha value is -1.74. The van der Waals surface area contributed by atoms with E-state index in [1.807, 2.05) is 49.4 Å². The molecule has 1 heterocycles. The van der Waals surface area contributed by atoms with Crippen LogP contribution < -0.4 is 10.1 Å². The summed E-state index contributed by atoms with van der Waals surface area (Å²) >= 11 is 0. The van der Waals surface area contributed by atoms with Gasteiger partial charge in [-0.3, -0.25) is 0 Å². The quantitative estimate of drug-likeness (QED) is 0.770. The van der Waals surface area contributed by atoms with E-state index in [0.29, 0.717) is 0 Å². The van der Waals surface area contributed by atoms with Crippen LogP contribution in [0.3, 0.4) is 0 Å². The van der Waals surface area contributed by atoms with Gasteiger partial charge in [-0.1, -0.05) is 18.2 Å². The number of furan rings is 1. The van der Waals surface area contributed by atoms with Gasteiger partial charge in [-0.2, -0.15) is 0 Å². The minimum atomic E-state index is 0.241. The summed E-state index contributed by atoms with van der Waals surface area (Å²) in [5.41, 5.74) is 0. The van der Waals surface area contributed by atoms with Crippen molar-refractivity contribution in [2.24, 2.45) is 0 Å². The summed E-state index contributed by atoms with van der Waals surface area (Å²) in [6, 6.07) is 14.2. The Balaban J connectivity index is 1.62. The number of para-hydroxylation sites is 1. The first-order valence-electron chi connectivity index (χ1n) is 6.73. The molecule has 0 amide bonds. The number of hydrogen-bond acceptors (Lipinski definition) is 3. The van der Waals surface area contributed by atoms with Crippen molar-refractivity contribution in [2.75, 3.05) is 13.2 Å². The highest BCUT2D eigenvalue weighted by Gasteiger charge is 2.07. The normalized spacial score (nSPS) is 12.3. The SMILES string of the molecule is Cc1ccc(C(C)NCCCOc2ccccc2)o1. The van der Waals surface area contributed by atoms with E-state index < -0.39 is 0 Å². The maximum Gasteiger partial charge on any atom is 0.120 e. The summed E-state index contributed by atoms with van der Waals surface area (Å²) in [6.45, 7) is 5.70. The maximum atomic E-state index is 5.63. The molecule has 0 saturated carbocycles. The molecule has 0 saturated heterocycles. The summed E-state index contributed by atoms with van der Waals surface area (Å²) in [7, 11) is 0. The van der Waals surface area contributed by atoms with Gasteiger partial charge in [0.1, 0.15) is 17.3 Å². The third-order valence-corrected chi connectivity index (χ3v) is 2.97. The first-order valence-corrected chi connectivity index (χ1v) is 6.73. The van der Waals surface area contributed by atoms with E-state index in [1.165, 1.54) is 0 Å². The van der Waals surface area contributed by atoms with Crippen molar-refractivity contribution >= 4 is 0 Å². The van der Waals surface area contributed by atoms with Gasteiger partial charge in [-0.15, -0.1) is 0 Å². The van der Waals surface area contributed by atoms with E-state index in [9.17, 15) is 0 Å². The summed E-state index contributed by atoms with van der Waals surface area (Å²) < 4.78 is 11.2. The maximum absolute atomic E-state index is 5.63. The number of benzene rings is 1. The Labute approximate surface area is 114 Å². The Bertz CT molecular complexity index is 479. The Morgan fingerprint density at radius 1 is 1.16 bits per heavy atom. The Kier molecular flexibility index (Phi) is 5.04. The molecular formula is C16H21NO2. The van der Waals surface area contributed by atoms with E-state index >= 15 is 0 Å². The second kappa shape index (κ2) is 7.00. The molecule has 0 fully saturated rings. The zero-order valence-electron chi connectivity index (χ0n) is 11.6. The Morgan fingerprint density at radius 3 is 2.63 bits per heavy atom. The largest absolute Gasteiger partial charge is 0.494 e. The molecule has 1 aromatic heterocycles. The summed E-state index contributed by atoms with van der Waals surface area (Å²) in [5.74, 6) is 2.87. The molecule has 2 aromatic rings. The first kappa shape index (κ1) is 13.7. The fourth-order valence-corrected chi connectivity index (χ4v) is 1.88. The number of aryl methyl sites for hydroxylation is 1. The molecule has 1 atom stereocenters. The summed E-state index contributed by atoms with van der Waals surface area (Å²) in [5, 5.41) is 3.42.